The zero-order valence-corrected chi connectivity index (χ0v) is 10.6. The predicted molar refractivity (Wildman–Crippen MR) is 62.6 cm³/mol. The number of nitrogens with zero attached hydrogens (tertiary/aromatic N) is 2. The summed E-state index contributed by atoms with van der Waals surface area (Å²) in [7, 11) is -4.50. The number of aliphatic imine (C=N–C) groups is 1. The molecule has 0 N–H and O–H groups in total. The summed E-state index contributed by atoms with van der Waals surface area (Å²) < 4.78 is 34.7. The topological polar surface area (TPSA) is 49.7 Å². The molecule has 0 aromatic carbocycles. The minimum absolute atomic E-state index is 0.150. The van der Waals surface area contributed by atoms with Crippen molar-refractivity contribution in [3.05, 3.63) is 0 Å². The predicted octanol–water partition coefficient (Wildman–Crippen LogP) is 1.78. The van der Waals surface area contributed by atoms with Crippen LogP contribution in [-0.4, -0.2) is 38.1 Å². The molecular weight excluding hydrogens is 231 g/mol. The number of halogens is 1. The van der Waals surface area contributed by atoms with Crippen LogP contribution in [0.5, 0.6) is 0 Å². The lowest BCUT2D eigenvalue weighted by atomic mass is 10.1. The Labute approximate surface area is 96.9 Å². The van der Waals surface area contributed by atoms with Crippen LogP contribution in [0.15, 0.2) is 4.99 Å². The minimum Gasteiger partial charge on any atom is -0.294 e. The Morgan fingerprint density at radius 3 is 2.44 bits per heavy atom. The van der Waals surface area contributed by atoms with Gasteiger partial charge in [0.2, 0.25) is 0 Å². The zero-order chi connectivity index (χ0) is 12.2. The van der Waals surface area contributed by atoms with Crippen molar-refractivity contribution < 1.29 is 12.3 Å². The Morgan fingerprint density at radius 1 is 1.44 bits per heavy atom. The molecule has 0 aliphatic carbocycles. The van der Waals surface area contributed by atoms with Gasteiger partial charge in [0.05, 0.1) is 6.04 Å². The molecule has 1 aliphatic heterocycles. The first kappa shape index (κ1) is 13.6. The lowest BCUT2D eigenvalue weighted by Gasteiger charge is -2.26. The van der Waals surface area contributed by atoms with E-state index in [1.54, 1.807) is 0 Å². The van der Waals surface area contributed by atoms with Crippen LogP contribution in [0.25, 0.3) is 0 Å². The highest BCUT2D eigenvalue weighted by Gasteiger charge is 2.26. The lowest BCUT2D eigenvalue weighted by Crippen LogP contribution is -2.37. The smallest absolute Gasteiger partial charge is 0.294 e. The summed E-state index contributed by atoms with van der Waals surface area (Å²) in [6.45, 7) is 4.71. The number of rotatable bonds is 4. The van der Waals surface area contributed by atoms with E-state index in [2.05, 4.69) is 18.8 Å². The van der Waals surface area contributed by atoms with Crippen molar-refractivity contribution in [3.63, 3.8) is 0 Å². The summed E-state index contributed by atoms with van der Waals surface area (Å²) in [6, 6.07) is 0.150. The Bertz CT molecular complexity index is 333. The monoisotopic (exact) mass is 250 g/mol. The van der Waals surface area contributed by atoms with Crippen molar-refractivity contribution >= 4 is 16.6 Å². The van der Waals surface area contributed by atoms with Gasteiger partial charge in [-0.25, -0.2) is 0 Å². The molecule has 0 unspecified atom stereocenters. The molecule has 0 atom stereocenters. The van der Waals surface area contributed by atoms with Gasteiger partial charge in [-0.3, -0.25) is 4.99 Å². The van der Waals surface area contributed by atoms with E-state index in [0.717, 1.165) is 10.7 Å². The fraction of sp³-hybridized carbons (Fsp3) is 0.900. The van der Waals surface area contributed by atoms with Crippen molar-refractivity contribution in [1.29, 1.82) is 0 Å². The highest BCUT2D eigenvalue weighted by Crippen LogP contribution is 2.17. The second-order valence-electron chi connectivity index (χ2n) is 4.53. The highest BCUT2D eigenvalue weighted by molar-refractivity contribution is 7.83. The normalized spacial score (nSPS) is 21.0. The van der Waals surface area contributed by atoms with E-state index in [-0.39, 0.29) is 19.1 Å². The van der Waals surface area contributed by atoms with E-state index in [4.69, 9.17) is 0 Å². The van der Waals surface area contributed by atoms with Crippen molar-refractivity contribution in [2.24, 2.45) is 10.9 Å². The van der Waals surface area contributed by atoms with E-state index in [9.17, 15) is 12.3 Å². The second-order valence-corrected chi connectivity index (χ2v) is 5.87. The summed E-state index contributed by atoms with van der Waals surface area (Å²) >= 11 is 0. The van der Waals surface area contributed by atoms with Gasteiger partial charge in [0, 0.05) is 13.1 Å². The Hall–Kier alpha value is -0.490. The molecule has 0 saturated carbocycles. The molecule has 0 aromatic rings. The molecule has 6 heteroatoms. The molecule has 94 valence electrons. The van der Waals surface area contributed by atoms with Gasteiger partial charge in [-0.05, 0) is 31.4 Å². The van der Waals surface area contributed by atoms with Gasteiger partial charge in [0.15, 0.2) is 0 Å². The maximum atomic E-state index is 12.6. The molecule has 0 spiro atoms. The van der Waals surface area contributed by atoms with E-state index < -0.39 is 10.4 Å². The molecule has 0 aromatic heterocycles. The number of hydrogen-bond donors (Lipinski definition) is 0. The van der Waals surface area contributed by atoms with Crippen LogP contribution < -0.4 is 0 Å². The van der Waals surface area contributed by atoms with Crippen LogP contribution in [0.3, 0.4) is 0 Å². The molecule has 1 fully saturated rings. The van der Waals surface area contributed by atoms with E-state index in [1.165, 1.54) is 0 Å². The summed E-state index contributed by atoms with van der Waals surface area (Å²) in [5, 5.41) is 0. The van der Waals surface area contributed by atoms with Gasteiger partial charge in [-0.2, -0.15) is 12.7 Å². The van der Waals surface area contributed by atoms with Gasteiger partial charge in [-0.1, -0.05) is 17.7 Å². The molecule has 0 radical (unpaired) electrons. The molecule has 16 heavy (non-hydrogen) atoms. The Balaban J connectivity index is 2.35. The molecule has 1 rings (SSSR count). The summed E-state index contributed by atoms with van der Waals surface area (Å²) in [5.41, 5.74) is 0. The Morgan fingerprint density at radius 2 is 2.00 bits per heavy atom. The standard InChI is InChI=1S/C10H19FN2O2S/c1-9(2)3-6-12-10-4-7-13(8-5-10)16(11,14)15/h6,9-10H,3-5,7-8H2,1-2H3/b12-6+. The van der Waals surface area contributed by atoms with Gasteiger partial charge < -0.3 is 0 Å². The maximum Gasteiger partial charge on any atom is 0.374 e. The average molecular weight is 250 g/mol. The zero-order valence-electron chi connectivity index (χ0n) is 9.76. The molecule has 4 nitrogen and oxygen atoms in total. The van der Waals surface area contributed by atoms with Crippen LogP contribution in [0.2, 0.25) is 0 Å². The largest absolute Gasteiger partial charge is 0.374 e. The van der Waals surface area contributed by atoms with Gasteiger partial charge in [-0.15, -0.1) is 0 Å². The number of hydrogen-bond acceptors (Lipinski definition) is 3. The lowest BCUT2D eigenvalue weighted by molar-refractivity contribution is 0.307. The minimum atomic E-state index is -4.50. The van der Waals surface area contributed by atoms with Crippen molar-refractivity contribution in [3.8, 4) is 0 Å². The number of piperidine rings is 1. The molecule has 1 heterocycles. The second kappa shape index (κ2) is 5.72. The highest BCUT2D eigenvalue weighted by atomic mass is 32.3. The van der Waals surface area contributed by atoms with E-state index in [0.29, 0.717) is 18.8 Å². The third kappa shape index (κ3) is 4.57. The van der Waals surface area contributed by atoms with Crippen LogP contribution in [0.4, 0.5) is 3.89 Å². The maximum absolute atomic E-state index is 12.6. The third-order valence-corrected chi connectivity index (χ3v) is 3.61. The molecule has 1 aliphatic rings. The summed E-state index contributed by atoms with van der Waals surface area (Å²) in [5.74, 6) is 0.579. The first-order chi connectivity index (χ1) is 7.39. The van der Waals surface area contributed by atoms with Gasteiger partial charge in [0.1, 0.15) is 0 Å². The fourth-order valence-electron chi connectivity index (χ4n) is 1.63. The van der Waals surface area contributed by atoms with Crippen LogP contribution in [0, 0.1) is 5.92 Å². The first-order valence-corrected chi connectivity index (χ1v) is 6.95. The molecule has 1 saturated heterocycles. The van der Waals surface area contributed by atoms with Crippen molar-refractivity contribution in [2.45, 2.75) is 39.2 Å². The first-order valence-electron chi connectivity index (χ1n) is 5.61. The van der Waals surface area contributed by atoms with Gasteiger partial charge in [0.25, 0.3) is 0 Å². The van der Waals surface area contributed by atoms with Crippen LogP contribution in [0.1, 0.15) is 33.1 Å². The third-order valence-electron chi connectivity index (χ3n) is 2.62. The average Bonchev–Trinajstić information content (AvgIpc) is 2.16. The SMILES string of the molecule is CC(C)C/C=N/C1CCN(S(=O)(=O)F)CC1. The van der Waals surface area contributed by atoms with Crippen LogP contribution >= 0.6 is 0 Å². The van der Waals surface area contributed by atoms with Gasteiger partial charge >= 0.3 is 10.4 Å². The fourth-order valence-corrected chi connectivity index (χ4v) is 2.28. The van der Waals surface area contributed by atoms with Crippen LogP contribution in [-0.2, 0) is 10.4 Å². The van der Waals surface area contributed by atoms with Crippen molar-refractivity contribution in [2.75, 3.05) is 13.1 Å². The molecular formula is C10H19FN2O2S. The van der Waals surface area contributed by atoms with E-state index in [1.807, 2.05) is 6.21 Å². The van der Waals surface area contributed by atoms with Crippen molar-refractivity contribution in [1.82, 2.24) is 4.31 Å². The molecule has 0 amide bonds. The van der Waals surface area contributed by atoms with E-state index >= 15 is 0 Å². The Kier molecular flexibility index (Phi) is 4.86. The molecule has 0 bridgehead atoms. The summed E-state index contributed by atoms with van der Waals surface area (Å²) in [4.78, 5) is 4.37. The summed E-state index contributed by atoms with van der Waals surface area (Å²) in [6.07, 6.45) is 4.05. The quantitative estimate of drug-likeness (QED) is 0.564.